The smallest absolute Gasteiger partial charge is 0.191 e. The van der Waals surface area contributed by atoms with Crippen molar-refractivity contribution in [3.05, 3.63) is 29.8 Å². The highest BCUT2D eigenvalue weighted by Gasteiger charge is 2.27. The Hall–Kier alpha value is -1.16. The summed E-state index contributed by atoms with van der Waals surface area (Å²) in [5.41, 5.74) is 0.0793. The van der Waals surface area contributed by atoms with Crippen LogP contribution in [-0.2, 0) is 0 Å². The number of aliphatic imine (C=N–C) groups is 1. The molecule has 0 bridgehead atoms. The second kappa shape index (κ2) is 12.5. The standard InChI is InChI=1S/C21H33F2N5.HI/c1-2-24-21(25-11-3-4-12-27-13-5-6-14-27)26-17-10-15-28(16-17)20-18(22)8-7-9-19(20)23;/h7-9,17H,2-6,10-16H2,1H3,(H2,24,25,26);1H. The van der Waals surface area contributed by atoms with Gasteiger partial charge in [-0.25, -0.2) is 8.78 Å². The fourth-order valence-corrected chi connectivity index (χ4v) is 4.03. The lowest BCUT2D eigenvalue weighted by molar-refractivity contribution is 0.331. The minimum atomic E-state index is -0.501. The van der Waals surface area contributed by atoms with Crippen molar-refractivity contribution in [3.63, 3.8) is 0 Å². The Balaban J connectivity index is 0.00000300. The fraction of sp³-hybridized carbons (Fsp3) is 0.667. The van der Waals surface area contributed by atoms with Gasteiger partial charge in [0.2, 0.25) is 0 Å². The van der Waals surface area contributed by atoms with Gasteiger partial charge in [0.25, 0.3) is 0 Å². The minimum absolute atomic E-state index is 0. The van der Waals surface area contributed by atoms with E-state index in [0.717, 1.165) is 31.9 Å². The maximum absolute atomic E-state index is 14.0. The van der Waals surface area contributed by atoms with Gasteiger partial charge in [0.05, 0.1) is 0 Å². The van der Waals surface area contributed by atoms with Gasteiger partial charge < -0.3 is 20.4 Å². The maximum Gasteiger partial charge on any atom is 0.191 e. The van der Waals surface area contributed by atoms with Crippen LogP contribution in [0.15, 0.2) is 23.2 Å². The molecule has 2 aliphatic heterocycles. The Morgan fingerprint density at radius 3 is 2.55 bits per heavy atom. The van der Waals surface area contributed by atoms with Gasteiger partial charge in [0, 0.05) is 32.2 Å². The molecule has 1 atom stereocenters. The van der Waals surface area contributed by atoms with Crippen LogP contribution in [0.5, 0.6) is 0 Å². The number of likely N-dealkylation sites (tertiary alicyclic amines) is 1. The van der Waals surface area contributed by atoms with Gasteiger partial charge in [-0.3, -0.25) is 4.99 Å². The summed E-state index contributed by atoms with van der Waals surface area (Å²) >= 11 is 0. The Bertz CT molecular complexity index is 632. The van der Waals surface area contributed by atoms with E-state index in [9.17, 15) is 8.78 Å². The molecular formula is C21H34F2IN5. The summed E-state index contributed by atoms with van der Waals surface area (Å²) in [6, 6.07) is 4.15. The Kier molecular flexibility index (Phi) is 10.4. The quantitative estimate of drug-likeness (QED) is 0.238. The van der Waals surface area contributed by atoms with E-state index in [1.54, 1.807) is 4.90 Å². The average Bonchev–Trinajstić information content (AvgIpc) is 3.34. The van der Waals surface area contributed by atoms with Crippen LogP contribution in [0.3, 0.4) is 0 Å². The number of benzene rings is 1. The van der Waals surface area contributed by atoms with Crippen LogP contribution < -0.4 is 15.5 Å². The van der Waals surface area contributed by atoms with E-state index >= 15 is 0 Å². The molecule has 2 fully saturated rings. The Morgan fingerprint density at radius 2 is 1.86 bits per heavy atom. The molecule has 2 N–H and O–H groups in total. The van der Waals surface area contributed by atoms with Gasteiger partial charge in [-0.15, -0.1) is 24.0 Å². The van der Waals surface area contributed by atoms with Gasteiger partial charge in [-0.2, -0.15) is 0 Å². The van der Waals surface area contributed by atoms with Crippen LogP contribution in [0.25, 0.3) is 0 Å². The first kappa shape index (κ1) is 24.1. The highest BCUT2D eigenvalue weighted by Crippen LogP contribution is 2.26. The van der Waals surface area contributed by atoms with E-state index in [0.29, 0.717) is 13.1 Å². The second-order valence-electron chi connectivity index (χ2n) is 7.66. The number of halogens is 3. The summed E-state index contributed by atoms with van der Waals surface area (Å²) in [4.78, 5) is 8.99. The first-order chi connectivity index (χ1) is 13.7. The number of hydrogen-bond donors (Lipinski definition) is 2. The molecule has 2 saturated heterocycles. The van der Waals surface area contributed by atoms with Crippen molar-refractivity contribution in [3.8, 4) is 0 Å². The number of para-hydroxylation sites is 1. The summed E-state index contributed by atoms with van der Waals surface area (Å²) in [5.74, 6) is -0.206. The predicted octanol–water partition coefficient (Wildman–Crippen LogP) is 3.59. The Labute approximate surface area is 190 Å². The molecule has 0 spiro atoms. The summed E-state index contributed by atoms with van der Waals surface area (Å²) in [6.45, 7) is 8.48. The monoisotopic (exact) mass is 521 g/mol. The molecule has 0 amide bonds. The molecule has 0 aromatic heterocycles. The van der Waals surface area contributed by atoms with Crippen LogP contribution in [0.2, 0.25) is 0 Å². The molecule has 3 rings (SSSR count). The van der Waals surface area contributed by atoms with Crippen LogP contribution in [0.4, 0.5) is 14.5 Å². The van der Waals surface area contributed by atoms with Gasteiger partial charge >= 0.3 is 0 Å². The molecule has 2 aliphatic rings. The van der Waals surface area contributed by atoms with E-state index in [2.05, 4.69) is 20.5 Å². The van der Waals surface area contributed by atoms with E-state index in [-0.39, 0.29) is 35.7 Å². The molecule has 5 nitrogen and oxygen atoms in total. The molecule has 2 heterocycles. The van der Waals surface area contributed by atoms with Crippen molar-refractivity contribution >= 4 is 35.6 Å². The van der Waals surface area contributed by atoms with Crippen LogP contribution >= 0.6 is 24.0 Å². The Morgan fingerprint density at radius 1 is 1.14 bits per heavy atom. The zero-order chi connectivity index (χ0) is 19.8. The molecule has 29 heavy (non-hydrogen) atoms. The third-order valence-electron chi connectivity index (χ3n) is 5.48. The lowest BCUT2D eigenvalue weighted by Crippen LogP contribution is -2.44. The van der Waals surface area contributed by atoms with Crippen molar-refractivity contribution in [2.45, 2.75) is 45.1 Å². The summed E-state index contributed by atoms with van der Waals surface area (Å²) < 4.78 is 28.0. The molecule has 1 unspecified atom stereocenters. The number of anilines is 1. The predicted molar refractivity (Wildman–Crippen MR) is 126 cm³/mol. The summed E-state index contributed by atoms with van der Waals surface area (Å²) in [7, 11) is 0. The molecule has 0 saturated carbocycles. The number of nitrogens with one attached hydrogen (secondary N) is 2. The zero-order valence-electron chi connectivity index (χ0n) is 17.3. The normalized spacial score (nSPS) is 20.0. The van der Waals surface area contributed by atoms with E-state index < -0.39 is 11.6 Å². The van der Waals surface area contributed by atoms with Crippen molar-refractivity contribution < 1.29 is 8.78 Å². The van der Waals surface area contributed by atoms with Crippen molar-refractivity contribution in [1.29, 1.82) is 0 Å². The second-order valence-corrected chi connectivity index (χ2v) is 7.66. The molecule has 1 aromatic carbocycles. The number of hydrogen-bond acceptors (Lipinski definition) is 3. The topological polar surface area (TPSA) is 42.9 Å². The molecule has 8 heteroatoms. The number of guanidine groups is 1. The molecule has 164 valence electrons. The molecular weight excluding hydrogens is 487 g/mol. The fourth-order valence-electron chi connectivity index (χ4n) is 4.03. The number of nitrogens with zero attached hydrogens (tertiary/aromatic N) is 3. The van der Waals surface area contributed by atoms with E-state index in [1.807, 2.05) is 6.92 Å². The molecule has 1 aromatic rings. The number of unbranched alkanes of at least 4 members (excludes halogenated alkanes) is 1. The lowest BCUT2D eigenvalue weighted by Gasteiger charge is -2.21. The lowest BCUT2D eigenvalue weighted by atomic mass is 10.2. The summed E-state index contributed by atoms with van der Waals surface area (Å²) in [6.07, 6.45) is 5.74. The third-order valence-corrected chi connectivity index (χ3v) is 5.48. The third kappa shape index (κ3) is 7.24. The van der Waals surface area contributed by atoms with Gasteiger partial charge in [0.15, 0.2) is 5.96 Å². The SMILES string of the molecule is CCNC(=NCCCCN1CCCC1)NC1CCN(c2c(F)cccc2F)C1.I. The first-order valence-corrected chi connectivity index (χ1v) is 10.6. The first-order valence-electron chi connectivity index (χ1n) is 10.6. The van der Waals surface area contributed by atoms with Crippen LogP contribution in [0.1, 0.15) is 39.0 Å². The van der Waals surface area contributed by atoms with E-state index in [4.69, 9.17) is 0 Å². The van der Waals surface area contributed by atoms with Crippen LogP contribution in [-0.4, -0.2) is 62.7 Å². The van der Waals surface area contributed by atoms with Crippen LogP contribution in [0, 0.1) is 11.6 Å². The van der Waals surface area contributed by atoms with Crippen molar-refractivity contribution in [2.75, 3.05) is 50.7 Å². The highest BCUT2D eigenvalue weighted by atomic mass is 127. The zero-order valence-corrected chi connectivity index (χ0v) is 19.6. The van der Waals surface area contributed by atoms with Gasteiger partial charge in [-0.05, 0) is 70.8 Å². The maximum atomic E-state index is 14.0. The minimum Gasteiger partial charge on any atom is -0.365 e. The number of rotatable bonds is 8. The summed E-state index contributed by atoms with van der Waals surface area (Å²) in [5, 5.41) is 6.71. The van der Waals surface area contributed by atoms with Crippen molar-refractivity contribution in [1.82, 2.24) is 15.5 Å². The molecule has 0 aliphatic carbocycles. The highest BCUT2D eigenvalue weighted by molar-refractivity contribution is 14.0. The van der Waals surface area contributed by atoms with E-state index in [1.165, 1.54) is 57.1 Å². The molecule has 0 radical (unpaired) electrons. The van der Waals surface area contributed by atoms with Gasteiger partial charge in [0.1, 0.15) is 17.3 Å². The largest absolute Gasteiger partial charge is 0.365 e. The van der Waals surface area contributed by atoms with Gasteiger partial charge in [-0.1, -0.05) is 6.07 Å². The van der Waals surface area contributed by atoms with Crippen molar-refractivity contribution in [2.24, 2.45) is 4.99 Å². The average molecular weight is 521 g/mol.